The van der Waals surface area contributed by atoms with Gasteiger partial charge in [0, 0.05) is 11.0 Å². The third kappa shape index (κ3) is 2.94. The van der Waals surface area contributed by atoms with Crippen LogP contribution in [-0.2, 0) is 13.2 Å². The Kier molecular flexibility index (Phi) is 3.94. The molecule has 0 N–H and O–H groups in total. The van der Waals surface area contributed by atoms with Gasteiger partial charge < -0.3 is 4.42 Å². The number of benzene rings is 2. The molecule has 108 valence electrons. The zero-order valence-electron chi connectivity index (χ0n) is 11.6. The fourth-order valence-electron chi connectivity index (χ4n) is 2.36. The van der Waals surface area contributed by atoms with Gasteiger partial charge in [-0.15, -0.1) is 0 Å². The molecule has 0 saturated carbocycles. The average Bonchev–Trinajstić information content (AvgIpc) is 2.78. The van der Waals surface area contributed by atoms with Gasteiger partial charge in [-0.2, -0.15) is 0 Å². The van der Waals surface area contributed by atoms with E-state index in [4.69, 9.17) is 4.42 Å². The molecule has 3 aromatic rings. The van der Waals surface area contributed by atoms with Gasteiger partial charge in [0.05, 0.1) is 12.2 Å². The number of halogens is 1. The summed E-state index contributed by atoms with van der Waals surface area (Å²) in [6.07, 6.45) is 0. The first kappa shape index (κ1) is 14.1. The van der Waals surface area contributed by atoms with Crippen LogP contribution in [0.5, 0.6) is 0 Å². The Hall–Kier alpha value is -1.85. The summed E-state index contributed by atoms with van der Waals surface area (Å²) in [5.74, 6) is -0.324. The third-order valence-electron chi connectivity index (χ3n) is 3.35. The van der Waals surface area contributed by atoms with Crippen molar-refractivity contribution in [3.63, 3.8) is 0 Å². The zero-order chi connectivity index (χ0) is 14.8. The van der Waals surface area contributed by atoms with Crippen LogP contribution in [0.3, 0.4) is 0 Å². The second-order valence-corrected chi connectivity index (χ2v) is 5.87. The SMILES string of the molecule is CN(Cc1ccccc1Br)Cn1c(=O)oc2ccccc21. The van der Waals surface area contributed by atoms with E-state index in [9.17, 15) is 4.79 Å². The van der Waals surface area contributed by atoms with Gasteiger partial charge in [-0.05, 0) is 30.8 Å². The molecule has 0 aliphatic heterocycles. The van der Waals surface area contributed by atoms with Crippen molar-refractivity contribution in [2.24, 2.45) is 0 Å². The molecule has 3 rings (SSSR count). The third-order valence-corrected chi connectivity index (χ3v) is 4.13. The van der Waals surface area contributed by atoms with Crippen LogP contribution in [0.2, 0.25) is 0 Å². The molecule has 1 heterocycles. The molecule has 0 unspecified atom stereocenters. The highest BCUT2D eigenvalue weighted by Crippen LogP contribution is 2.18. The summed E-state index contributed by atoms with van der Waals surface area (Å²) in [7, 11) is 1.98. The van der Waals surface area contributed by atoms with Crippen LogP contribution in [-0.4, -0.2) is 16.5 Å². The van der Waals surface area contributed by atoms with E-state index in [1.165, 1.54) is 5.56 Å². The van der Waals surface area contributed by atoms with Crippen molar-refractivity contribution in [3.8, 4) is 0 Å². The maximum atomic E-state index is 12.0. The normalized spacial score (nSPS) is 11.4. The maximum Gasteiger partial charge on any atom is 0.421 e. The molecule has 1 aromatic heterocycles. The van der Waals surface area contributed by atoms with Crippen molar-refractivity contribution < 1.29 is 4.42 Å². The van der Waals surface area contributed by atoms with Crippen LogP contribution in [0.25, 0.3) is 11.1 Å². The lowest BCUT2D eigenvalue weighted by atomic mass is 10.2. The van der Waals surface area contributed by atoms with E-state index in [1.54, 1.807) is 10.6 Å². The molecular weight excluding hydrogens is 332 g/mol. The minimum Gasteiger partial charge on any atom is -0.408 e. The van der Waals surface area contributed by atoms with Crippen LogP contribution in [0, 0.1) is 0 Å². The van der Waals surface area contributed by atoms with Gasteiger partial charge in [-0.25, -0.2) is 4.79 Å². The molecule has 0 aliphatic rings. The predicted octanol–water partition coefficient (Wildman–Crippen LogP) is 3.45. The summed E-state index contributed by atoms with van der Waals surface area (Å²) in [4.78, 5) is 14.0. The van der Waals surface area contributed by atoms with E-state index in [-0.39, 0.29) is 5.76 Å². The number of rotatable bonds is 4. The number of hydrogen-bond acceptors (Lipinski definition) is 3. The quantitative estimate of drug-likeness (QED) is 0.726. The van der Waals surface area contributed by atoms with Crippen molar-refractivity contribution in [3.05, 3.63) is 69.1 Å². The molecule has 0 radical (unpaired) electrons. The van der Waals surface area contributed by atoms with Gasteiger partial charge in [-0.1, -0.05) is 46.3 Å². The zero-order valence-corrected chi connectivity index (χ0v) is 13.2. The summed E-state index contributed by atoms with van der Waals surface area (Å²) in [5, 5.41) is 0. The van der Waals surface area contributed by atoms with E-state index >= 15 is 0 Å². The van der Waals surface area contributed by atoms with E-state index in [2.05, 4.69) is 26.9 Å². The fraction of sp³-hybridized carbons (Fsp3) is 0.188. The van der Waals surface area contributed by atoms with Crippen LogP contribution >= 0.6 is 15.9 Å². The first-order valence-electron chi connectivity index (χ1n) is 6.65. The standard InChI is InChI=1S/C16H15BrN2O2/c1-18(10-12-6-2-3-7-13(12)17)11-19-14-8-4-5-9-15(14)21-16(19)20/h2-9H,10-11H2,1H3. The Bertz CT molecular complexity index is 822. The fourth-order valence-corrected chi connectivity index (χ4v) is 2.77. The summed E-state index contributed by atoms with van der Waals surface area (Å²) in [6, 6.07) is 15.5. The topological polar surface area (TPSA) is 38.4 Å². The highest BCUT2D eigenvalue weighted by molar-refractivity contribution is 9.10. The van der Waals surface area contributed by atoms with Gasteiger partial charge in [0.1, 0.15) is 0 Å². The van der Waals surface area contributed by atoms with Gasteiger partial charge in [0.25, 0.3) is 0 Å². The lowest BCUT2D eigenvalue weighted by Gasteiger charge is -2.17. The molecule has 21 heavy (non-hydrogen) atoms. The summed E-state index contributed by atoms with van der Waals surface area (Å²) >= 11 is 3.54. The predicted molar refractivity (Wildman–Crippen MR) is 86.1 cm³/mol. The van der Waals surface area contributed by atoms with Crippen molar-refractivity contribution >= 4 is 27.0 Å². The van der Waals surface area contributed by atoms with Gasteiger partial charge in [-0.3, -0.25) is 9.47 Å². The molecule has 0 amide bonds. The van der Waals surface area contributed by atoms with Gasteiger partial charge in [0.2, 0.25) is 0 Å². The Morgan fingerprint density at radius 1 is 1.14 bits per heavy atom. The van der Waals surface area contributed by atoms with E-state index in [1.807, 2.05) is 43.4 Å². The molecular formula is C16H15BrN2O2. The summed E-state index contributed by atoms with van der Waals surface area (Å²) in [5.41, 5.74) is 2.62. The molecule has 0 bridgehead atoms. The highest BCUT2D eigenvalue weighted by Gasteiger charge is 2.11. The first-order chi connectivity index (χ1) is 10.1. The number of hydrogen-bond donors (Lipinski definition) is 0. The molecule has 0 fully saturated rings. The van der Waals surface area contributed by atoms with Crippen LogP contribution in [0.1, 0.15) is 5.56 Å². The van der Waals surface area contributed by atoms with Crippen molar-refractivity contribution in [1.29, 1.82) is 0 Å². The Morgan fingerprint density at radius 3 is 2.67 bits per heavy atom. The van der Waals surface area contributed by atoms with E-state index in [0.29, 0.717) is 12.3 Å². The maximum absolute atomic E-state index is 12.0. The minimum atomic E-state index is -0.324. The lowest BCUT2D eigenvalue weighted by Crippen LogP contribution is -2.27. The van der Waals surface area contributed by atoms with Gasteiger partial charge >= 0.3 is 5.76 Å². The van der Waals surface area contributed by atoms with Crippen LogP contribution in [0.4, 0.5) is 0 Å². The van der Waals surface area contributed by atoms with Crippen molar-refractivity contribution in [1.82, 2.24) is 9.47 Å². The van der Waals surface area contributed by atoms with Crippen molar-refractivity contribution in [2.75, 3.05) is 7.05 Å². The van der Waals surface area contributed by atoms with Crippen molar-refractivity contribution in [2.45, 2.75) is 13.2 Å². The minimum absolute atomic E-state index is 0.324. The van der Waals surface area contributed by atoms with E-state index in [0.717, 1.165) is 16.5 Å². The Balaban J connectivity index is 1.84. The number of nitrogens with zero attached hydrogens (tertiary/aromatic N) is 2. The summed E-state index contributed by atoms with van der Waals surface area (Å²) < 4.78 is 7.96. The average molecular weight is 347 g/mol. The summed E-state index contributed by atoms with van der Waals surface area (Å²) in [6.45, 7) is 1.23. The number of fused-ring (bicyclic) bond motifs is 1. The molecule has 0 spiro atoms. The number of oxazole rings is 1. The monoisotopic (exact) mass is 346 g/mol. The number of para-hydroxylation sites is 2. The Morgan fingerprint density at radius 2 is 1.86 bits per heavy atom. The van der Waals surface area contributed by atoms with Crippen LogP contribution in [0.15, 0.2) is 62.2 Å². The smallest absolute Gasteiger partial charge is 0.408 e. The number of aromatic nitrogens is 1. The van der Waals surface area contributed by atoms with Gasteiger partial charge in [0.15, 0.2) is 5.58 Å². The highest BCUT2D eigenvalue weighted by atomic mass is 79.9. The molecule has 5 heteroatoms. The molecule has 0 atom stereocenters. The molecule has 2 aromatic carbocycles. The molecule has 4 nitrogen and oxygen atoms in total. The second-order valence-electron chi connectivity index (χ2n) is 5.01. The molecule has 0 saturated heterocycles. The Labute approximate surface area is 130 Å². The molecule has 0 aliphatic carbocycles. The lowest BCUT2D eigenvalue weighted by molar-refractivity contribution is 0.253. The van der Waals surface area contributed by atoms with Crippen LogP contribution < -0.4 is 5.76 Å². The largest absolute Gasteiger partial charge is 0.421 e. The second kappa shape index (κ2) is 5.87. The first-order valence-corrected chi connectivity index (χ1v) is 7.45. The van der Waals surface area contributed by atoms with E-state index < -0.39 is 0 Å².